The lowest BCUT2D eigenvalue weighted by Crippen LogP contribution is -2.47. The van der Waals surface area contributed by atoms with Crippen LogP contribution in [0.4, 0.5) is 10.1 Å². The summed E-state index contributed by atoms with van der Waals surface area (Å²) in [5.41, 5.74) is -0.133. The maximum Gasteiger partial charge on any atom is 0.256 e. The van der Waals surface area contributed by atoms with Gasteiger partial charge in [0.2, 0.25) is 5.91 Å². The Morgan fingerprint density at radius 1 is 1.29 bits per heavy atom. The number of hydrogen-bond donors (Lipinski definition) is 2. The number of carbonyl (C=O) groups excluding carboxylic acids is 2. The summed E-state index contributed by atoms with van der Waals surface area (Å²) in [6.07, 6.45) is 1.89. The van der Waals surface area contributed by atoms with Crippen LogP contribution in [0.25, 0.3) is 0 Å². The zero-order valence-electron chi connectivity index (χ0n) is 14.8. The molecule has 1 heterocycles. The lowest BCUT2D eigenvalue weighted by atomic mass is 9.95. The molecule has 1 aromatic rings. The van der Waals surface area contributed by atoms with E-state index in [1.807, 2.05) is 7.05 Å². The standard InChI is InChI=1S/C18H26FN3O2/c1-18(2,3)17(24)21-12-7-8-15(19)14(10-12)16(23)22-9-5-6-13(11-22)20-4/h7-8,10,13,20H,5-6,9,11H2,1-4H3,(H,21,24). The van der Waals surface area contributed by atoms with Gasteiger partial charge in [0.15, 0.2) is 0 Å². The minimum Gasteiger partial charge on any atom is -0.337 e. The number of rotatable bonds is 3. The predicted molar refractivity (Wildman–Crippen MR) is 92.5 cm³/mol. The normalized spacial score (nSPS) is 18.4. The second kappa shape index (κ2) is 7.30. The Morgan fingerprint density at radius 2 is 2.00 bits per heavy atom. The molecular formula is C18H26FN3O2. The van der Waals surface area contributed by atoms with Crippen LogP contribution in [0.15, 0.2) is 18.2 Å². The van der Waals surface area contributed by atoms with E-state index in [0.717, 1.165) is 12.8 Å². The number of halogens is 1. The van der Waals surface area contributed by atoms with Crippen LogP contribution in [0.1, 0.15) is 44.0 Å². The van der Waals surface area contributed by atoms with Gasteiger partial charge in [0.1, 0.15) is 5.82 Å². The minimum atomic E-state index is -0.569. The zero-order valence-corrected chi connectivity index (χ0v) is 14.8. The maximum absolute atomic E-state index is 14.1. The molecule has 2 amide bonds. The van der Waals surface area contributed by atoms with Crippen molar-refractivity contribution in [2.45, 2.75) is 39.7 Å². The van der Waals surface area contributed by atoms with Gasteiger partial charge in [0.05, 0.1) is 5.56 Å². The largest absolute Gasteiger partial charge is 0.337 e. The van der Waals surface area contributed by atoms with Crippen LogP contribution < -0.4 is 10.6 Å². The molecule has 1 atom stereocenters. The Kier molecular flexibility index (Phi) is 5.59. The predicted octanol–water partition coefficient (Wildman–Crippen LogP) is 2.63. The van der Waals surface area contributed by atoms with Crippen LogP contribution >= 0.6 is 0 Å². The first-order valence-electron chi connectivity index (χ1n) is 8.30. The van der Waals surface area contributed by atoms with Crippen LogP contribution in [-0.4, -0.2) is 42.9 Å². The van der Waals surface area contributed by atoms with Crippen molar-refractivity contribution in [3.63, 3.8) is 0 Å². The number of nitrogens with zero attached hydrogens (tertiary/aromatic N) is 1. The highest BCUT2D eigenvalue weighted by Gasteiger charge is 2.26. The average molecular weight is 335 g/mol. The van der Waals surface area contributed by atoms with Gasteiger partial charge < -0.3 is 15.5 Å². The lowest BCUT2D eigenvalue weighted by Gasteiger charge is -2.32. The molecule has 0 spiro atoms. The van der Waals surface area contributed by atoms with E-state index in [2.05, 4.69) is 10.6 Å². The number of piperidine rings is 1. The monoisotopic (exact) mass is 335 g/mol. The van der Waals surface area contributed by atoms with Crippen LogP contribution in [0.5, 0.6) is 0 Å². The lowest BCUT2D eigenvalue weighted by molar-refractivity contribution is -0.123. The first-order chi connectivity index (χ1) is 11.2. The summed E-state index contributed by atoms with van der Waals surface area (Å²) < 4.78 is 14.1. The maximum atomic E-state index is 14.1. The van der Waals surface area contributed by atoms with Crippen molar-refractivity contribution >= 4 is 17.5 Å². The molecule has 2 N–H and O–H groups in total. The van der Waals surface area contributed by atoms with E-state index in [-0.39, 0.29) is 23.4 Å². The van der Waals surface area contributed by atoms with E-state index < -0.39 is 11.2 Å². The molecule has 0 aliphatic carbocycles. The first kappa shape index (κ1) is 18.4. The molecule has 1 unspecified atom stereocenters. The van der Waals surface area contributed by atoms with Gasteiger partial charge in [0.25, 0.3) is 5.91 Å². The molecule has 0 radical (unpaired) electrons. The van der Waals surface area contributed by atoms with Crippen molar-refractivity contribution in [3.05, 3.63) is 29.6 Å². The van der Waals surface area contributed by atoms with Gasteiger partial charge in [-0.15, -0.1) is 0 Å². The third-order valence-electron chi connectivity index (χ3n) is 4.25. The summed E-state index contributed by atoms with van der Waals surface area (Å²) in [5, 5.41) is 5.90. The second-order valence-corrected chi connectivity index (χ2v) is 7.28. The molecule has 0 aromatic heterocycles. The smallest absolute Gasteiger partial charge is 0.256 e. The minimum absolute atomic E-state index is 0.00142. The third-order valence-corrected chi connectivity index (χ3v) is 4.25. The molecule has 0 saturated carbocycles. The van der Waals surface area contributed by atoms with Crippen molar-refractivity contribution in [1.82, 2.24) is 10.2 Å². The molecule has 1 saturated heterocycles. The molecule has 24 heavy (non-hydrogen) atoms. The van der Waals surface area contributed by atoms with E-state index in [1.165, 1.54) is 18.2 Å². The van der Waals surface area contributed by atoms with Crippen molar-refractivity contribution in [2.75, 3.05) is 25.5 Å². The molecular weight excluding hydrogens is 309 g/mol. The number of amides is 2. The number of nitrogens with one attached hydrogen (secondary N) is 2. The quantitative estimate of drug-likeness (QED) is 0.893. The Hall–Kier alpha value is -1.95. The highest BCUT2D eigenvalue weighted by atomic mass is 19.1. The van der Waals surface area contributed by atoms with Crippen LogP contribution in [0, 0.1) is 11.2 Å². The Morgan fingerprint density at radius 3 is 2.62 bits per heavy atom. The highest BCUT2D eigenvalue weighted by Crippen LogP contribution is 2.22. The number of likely N-dealkylation sites (N-methyl/N-ethyl adjacent to an activating group) is 1. The van der Waals surface area contributed by atoms with E-state index >= 15 is 0 Å². The van der Waals surface area contributed by atoms with E-state index in [9.17, 15) is 14.0 Å². The van der Waals surface area contributed by atoms with Gasteiger partial charge in [-0.3, -0.25) is 9.59 Å². The van der Waals surface area contributed by atoms with Crippen molar-refractivity contribution in [3.8, 4) is 0 Å². The molecule has 1 aromatic carbocycles. The summed E-state index contributed by atoms with van der Waals surface area (Å²) >= 11 is 0. The van der Waals surface area contributed by atoms with E-state index in [0.29, 0.717) is 18.8 Å². The third kappa shape index (κ3) is 4.32. The Bertz CT molecular complexity index is 625. The summed E-state index contributed by atoms with van der Waals surface area (Å²) in [7, 11) is 1.86. The number of likely N-dealkylation sites (tertiary alicyclic amines) is 1. The van der Waals surface area contributed by atoms with Crippen LogP contribution in [0.2, 0.25) is 0 Å². The van der Waals surface area contributed by atoms with Crippen molar-refractivity contribution in [1.29, 1.82) is 0 Å². The fraction of sp³-hybridized carbons (Fsp3) is 0.556. The van der Waals surface area contributed by atoms with Gasteiger partial charge in [-0.25, -0.2) is 4.39 Å². The molecule has 1 aliphatic heterocycles. The van der Waals surface area contributed by atoms with Gasteiger partial charge in [-0.1, -0.05) is 20.8 Å². The van der Waals surface area contributed by atoms with Gasteiger partial charge >= 0.3 is 0 Å². The molecule has 2 rings (SSSR count). The molecule has 0 bridgehead atoms. The van der Waals surface area contributed by atoms with Gasteiger partial charge in [-0.2, -0.15) is 0 Å². The average Bonchev–Trinajstić information content (AvgIpc) is 2.55. The van der Waals surface area contributed by atoms with E-state index in [4.69, 9.17) is 0 Å². The summed E-state index contributed by atoms with van der Waals surface area (Å²) in [5.74, 6) is -1.08. The Labute approximate surface area is 142 Å². The molecule has 132 valence electrons. The molecule has 1 aliphatic rings. The number of benzene rings is 1. The first-order valence-corrected chi connectivity index (χ1v) is 8.30. The number of carbonyl (C=O) groups is 2. The molecule has 1 fully saturated rings. The summed E-state index contributed by atoms with van der Waals surface area (Å²) in [4.78, 5) is 26.4. The van der Waals surface area contributed by atoms with Gasteiger partial charge in [0, 0.05) is 30.2 Å². The van der Waals surface area contributed by atoms with E-state index in [1.54, 1.807) is 25.7 Å². The zero-order chi connectivity index (χ0) is 17.9. The number of anilines is 1. The molecule has 6 heteroatoms. The fourth-order valence-corrected chi connectivity index (χ4v) is 2.65. The number of hydrogen-bond acceptors (Lipinski definition) is 3. The SMILES string of the molecule is CNC1CCCN(C(=O)c2cc(NC(=O)C(C)(C)C)ccc2F)C1. The summed E-state index contributed by atoms with van der Waals surface area (Å²) in [6, 6.07) is 4.35. The second-order valence-electron chi connectivity index (χ2n) is 7.28. The van der Waals surface area contributed by atoms with Crippen LogP contribution in [-0.2, 0) is 4.79 Å². The van der Waals surface area contributed by atoms with Gasteiger partial charge in [-0.05, 0) is 38.1 Å². The summed E-state index contributed by atoms with van der Waals surface area (Å²) in [6.45, 7) is 6.57. The van der Waals surface area contributed by atoms with Crippen molar-refractivity contribution < 1.29 is 14.0 Å². The highest BCUT2D eigenvalue weighted by molar-refractivity contribution is 5.98. The topological polar surface area (TPSA) is 61.4 Å². The van der Waals surface area contributed by atoms with Crippen molar-refractivity contribution in [2.24, 2.45) is 5.41 Å². The molecule has 5 nitrogen and oxygen atoms in total. The Balaban J connectivity index is 2.19. The van der Waals surface area contributed by atoms with Crippen LogP contribution in [0.3, 0.4) is 0 Å². The fourth-order valence-electron chi connectivity index (χ4n) is 2.65.